The lowest BCUT2D eigenvalue weighted by molar-refractivity contribution is 0.572. The van der Waals surface area contributed by atoms with Crippen LogP contribution in [0.2, 0.25) is 5.02 Å². The third-order valence-corrected chi connectivity index (χ3v) is 4.83. The van der Waals surface area contributed by atoms with Crippen molar-refractivity contribution in [3.63, 3.8) is 0 Å². The molecule has 28 heavy (non-hydrogen) atoms. The number of fused-ring (bicyclic) bond motifs is 1. The van der Waals surface area contributed by atoms with Crippen LogP contribution in [0.3, 0.4) is 0 Å². The molecule has 0 unspecified atom stereocenters. The lowest BCUT2D eigenvalue weighted by Gasteiger charge is -2.02. The van der Waals surface area contributed by atoms with Crippen molar-refractivity contribution in [2.75, 3.05) is 0 Å². The fraction of sp³-hybridized carbons (Fsp3) is 0. The van der Waals surface area contributed by atoms with Gasteiger partial charge in [-0.25, -0.2) is 4.98 Å². The van der Waals surface area contributed by atoms with Crippen molar-refractivity contribution >= 4 is 50.1 Å². The number of halogens is 2. The fourth-order valence-corrected chi connectivity index (χ4v) is 3.22. The summed E-state index contributed by atoms with van der Waals surface area (Å²) in [5, 5.41) is 10.6. The van der Waals surface area contributed by atoms with Gasteiger partial charge in [0.15, 0.2) is 5.82 Å². The van der Waals surface area contributed by atoms with Gasteiger partial charge in [-0.05, 0) is 54.6 Å². The van der Waals surface area contributed by atoms with Gasteiger partial charge >= 0.3 is 0 Å². The maximum absolute atomic E-state index is 12.4. The molecule has 0 radical (unpaired) electrons. The summed E-state index contributed by atoms with van der Waals surface area (Å²) in [7, 11) is 0. The zero-order chi connectivity index (χ0) is 19.7. The van der Waals surface area contributed by atoms with E-state index in [1.807, 2.05) is 12.1 Å². The minimum absolute atomic E-state index is 0.187. The van der Waals surface area contributed by atoms with E-state index in [4.69, 9.17) is 16.0 Å². The van der Waals surface area contributed by atoms with Crippen LogP contribution < -0.4 is 5.56 Å². The molecule has 0 fully saturated rings. The SMILES string of the molecule is N#C/C(=C\c1ccc(-c2ccc(Cl)cc2)o1)c1nc2ccc(Br)cc2c(=O)[nH]1. The van der Waals surface area contributed by atoms with Crippen LogP contribution in [0.25, 0.3) is 33.9 Å². The maximum Gasteiger partial charge on any atom is 0.259 e. The minimum atomic E-state index is -0.316. The molecule has 0 saturated carbocycles. The van der Waals surface area contributed by atoms with Crippen LogP contribution in [-0.2, 0) is 0 Å². The highest BCUT2D eigenvalue weighted by atomic mass is 79.9. The molecule has 4 rings (SSSR count). The van der Waals surface area contributed by atoms with Gasteiger partial charge in [-0.1, -0.05) is 27.5 Å². The van der Waals surface area contributed by atoms with Crippen molar-refractivity contribution in [2.24, 2.45) is 0 Å². The molecule has 0 aliphatic rings. The predicted molar refractivity (Wildman–Crippen MR) is 113 cm³/mol. The number of benzene rings is 2. The fourth-order valence-electron chi connectivity index (χ4n) is 2.73. The van der Waals surface area contributed by atoms with Crippen molar-refractivity contribution in [3.8, 4) is 17.4 Å². The van der Waals surface area contributed by atoms with Crippen molar-refractivity contribution in [1.82, 2.24) is 9.97 Å². The molecule has 0 aliphatic carbocycles. The van der Waals surface area contributed by atoms with Gasteiger partial charge in [-0.3, -0.25) is 4.79 Å². The number of hydrogen-bond acceptors (Lipinski definition) is 4. The quantitative estimate of drug-likeness (QED) is 0.406. The lowest BCUT2D eigenvalue weighted by atomic mass is 10.2. The Morgan fingerprint density at radius 2 is 1.96 bits per heavy atom. The van der Waals surface area contributed by atoms with E-state index in [9.17, 15) is 10.1 Å². The van der Waals surface area contributed by atoms with E-state index in [0.29, 0.717) is 27.4 Å². The van der Waals surface area contributed by atoms with E-state index in [-0.39, 0.29) is 17.0 Å². The Bertz CT molecular complexity index is 1310. The normalized spacial score (nSPS) is 11.5. The van der Waals surface area contributed by atoms with Gasteiger partial charge in [-0.15, -0.1) is 0 Å². The van der Waals surface area contributed by atoms with Crippen LogP contribution in [0.4, 0.5) is 0 Å². The van der Waals surface area contributed by atoms with E-state index in [1.54, 1.807) is 48.5 Å². The summed E-state index contributed by atoms with van der Waals surface area (Å²) >= 11 is 9.24. The number of H-pyrrole nitrogens is 1. The summed E-state index contributed by atoms with van der Waals surface area (Å²) in [6, 6.07) is 18.1. The number of nitriles is 1. The number of nitrogens with one attached hydrogen (secondary N) is 1. The van der Waals surface area contributed by atoms with E-state index < -0.39 is 0 Å². The first kappa shape index (κ1) is 18.2. The Hall–Kier alpha value is -3.14. The number of aromatic amines is 1. The molecule has 5 nitrogen and oxygen atoms in total. The smallest absolute Gasteiger partial charge is 0.259 e. The van der Waals surface area contributed by atoms with Gasteiger partial charge in [0, 0.05) is 21.1 Å². The van der Waals surface area contributed by atoms with Gasteiger partial charge in [0.05, 0.1) is 16.5 Å². The first-order valence-electron chi connectivity index (χ1n) is 8.21. The molecule has 0 bridgehead atoms. The van der Waals surface area contributed by atoms with Crippen LogP contribution in [0.5, 0.6) is 0 Å². The van der Waals surface area contributed by atoms with E-state index in [2.05, 4.69) is 32.0 Å². The Balaban J connectivity index is 1.73. The second-order valence-corrected chi connectivity index (χ2v) is 7.31. The lowest BCUT2D eigenvalue weighted by Crippen LogP contribution is -2.11. The Labute approximate surface area is 173 Å². The molecule has 2 heterocycles. The van der Waals surface area contributed by atoms with Crippen LogP contribution in [-0.4, -0.2) is 9.97 Å². The number of furan rings is 1. The molecule has 0 amide bonds. The molecule has 2 aromatic heterocycles. The molecule has 7 heteroatoms. The number of allylic oxidation sites excluding steroid dienone is 1. The molecular formula is C21H11BrClN3O2. The van der Waals surface area contributed by atoms with Crippen LogP contribution in [0.1, 0.15) is 11.6 Å². The Morgan fingerprint density at radius 1 is 1.18 bits per heavy atom. The maximum atomic E-state index is 12.4. The average molecular weight is 453 g/mol. The summed E-state index contributed by atoms with van der Waals surface area (Å²) in [6.45, 7) is 0. The second kappa shape index (κ2) is 7.47. The third kappa shape index (κ3) is 3.63. The van der Waals surface area contributed by atoms with Crippen molar-refractivity contribution in [2.45, 2.75) is 0 Å². The molecule has 136 valence electrons. The number of aromatic nitrogens is 2. The van der Waals surface area contributed by atoms with Gasteiger partial charge < -0.3 is 9.40 Å². The highest BCUT2D eigenvalue weighted by molar-refractivity contribution is 9.10. The van der Waals surface area contributed by atoms with Gasteiger partial charge in [0.2, 0.25) is 0 Å². The van der Waals surface area contributed by atoms with E-state index in [1.165, 1.54) is 0 Å². The molecule has 0 spiro atoms. The highest BCUT2D eigenvalue weighted by Gasteiger charge is 2.11. The summed E-state index contributed by atoms with van der Waals surface area (Å²) in [5.74, 6) is 1.30. The Kier molecular flexibility index (Phi) is 4.86. The van der Waals surface area contributed by atoms with E-state index in [0.717, 1.165) is 10.0 Å². The molecule has 1 N–H and O–H groups in total. The largest absolute Gasteiger partial charge is 0.457 e. The average Bonchev–Trinajstić information content (AvgIpc) is 3.15. The Morgan fingerprint density at radius 3 is 2.71 bits per heavy atom. The van der Waals surface area contributed by atoms with Gasteiger partial charge in [0.1, 0.15) is 17.6 Å². The minimum Gasteiger partial charge on any atom is -0.457 e. The third-order valence-electron chi connectivity index (χ3n) is 4.09. The number of nitrogens with zero attached hydrogens (tertiary/aromatic N) is 2. The van der Waals surface area contributed by atoms with Crippen molar-refractivity contribution in [3.05, 3.63) is 86.0 Å². The monoisotopic (exact) mass is 451 g/mol. The topological polar surface area (TPSA) is 82.7 Å². The summed E-state index contributed by atoms with van der Waals surface area (Å²) in [5.41, 5.74) is 1.25. The van der Waals surface area contributed by atoms with Crippen LogP contribution in [0, 0.1) is 11.3 Å². The van der Waals surface area contributed by atoms with Crippen LogP contribution in [0.15, 0.2) is 68.3 Å². The van der Waals surface area contributed by atoms with Crippen LogP contribution >= 0.6 is 27.5 Å². The van der Waals surface area contributed by atoms with Gasteiger partial charge in [-0.2, -0.15) is 5.26 Å². The molecule has 0 atom stereocenters. The predicted octanol–water partition coefficient (Wildman–Crippen LogP) is 5.66. The highest BCUT2D eigenvalue weighted by Crippen LogP contribution is 2.26. The first-order valence-corrected chi connectivity index (χ1v) is 9.38. The van der Waals surface area contributed by atoms with Gasteiger partial charge in [0.25, 0.3) is 5.56 Å². The summed E-state index contributed by atoms with van der Waals surface area (Å²) in [6.07, 6.45) is 1.54. The molecule has 4 aromatic rings. The molecule has 2 aromatic carbocycles. The molecular weight excluding hydrogens is 442 g/mol. The number of hydrogen-bond donors (Lipinski definition) is 1. The number of rotatable bonds is 3. The zero-order valence-electron chi connectivity index (χ0n) is 14.2. The van der Waals surface area contributed by atoms with Crippen molar-refractivity contribution < 1.29 is 4.42 Å². The molecule has 0 aliphatic heterocycles. The van der Waals surface area contributed by atoms with E-state index >= 15 is 0 Å². The second-order valence-electron chi connectivity index (χ2n) is 5.95. The summed E-state index contributed by atoms with van der Waals surface area (Å²) < 4.78 is 6.58. The standard InChI is InChI=1S/C21H11BrClN3O2/c22-14-3-7-18-17(10-14)21(27)26-20(25-18)13(11-24)9-16-6-8-19(28-16)12-1-4-15(23)5-2-12/h1-10H,(H,25,26,27)/b13-9+. The summed E-state index contributed by atoms with van der Waals surface area (Å²) in [4.78, 5) is 19.4. The van der Waals surface area contributed by atoms with Crippen molar-refractivity contribution in [1.29, 1.82) is 5.26 Å². The first-order chi connectivity index (χ1) is 13.5. The molecule has 0 saturated heterocycles. The zero-order valence-corrected chi connectivity index (χ0v) is 16.6.